The molecule has 4 heteroatoms. The number of nitrogens with zero attached hydrogens (tertiary/aromatic N) is 2. The maximum Gasteiger partial charge on any atom is 0.119 e. The monoisotopic (exact) mass is 415 g/mol. The Morgan fingerprint density at radius 2 is 2.04 bits per heavy atom. The number of halogens is 1. The van der Waals surface area contributed by atoms with Crippen LogP contribution in [0, 0.1) is 5.92 Å². The largest absolute Gasteiger partial charge is 0.490 e. The smallest absolute Gasteiger partial charge is 0.119 e. The summed E-state index contributed by atoms with van der Waals surface area (Å²) in [6, 6.07) is 12.3. The molecule has 2 unspecified atom stereocenters. The predicted molar refractivity (Wildman–Crippen MR) is 110 cm³/mol. The van der Waals surface area contributed by atoms with Gasteiger partial charge in [0.05, 0.1) is 0 Å². The highest BCUT2D eigenvalue weighted by atomic mass is 79.9. The number of aryl methyl sites for hydroxylation is 1. The fourth-order valence-electron chi connectivity index (χ4n) is 3.83. The van der Waals surface area contributed by atoms with E-state index in [-0.39, 0.29) is 11.6 Å². The Hall–Kier alpha value is -1.39. The second kappa shape index (κ2) is 9.01. The number of aromatic nitrogens is 1. The standard InChI is InChI=1S/C22H28BrN2O/c1-17(2)22(12-3-5-18-6-4-13-24-16-18)15-21(11-14-25-22)26-20-9-7-19(23)8-10-20/h4,6-10,13,16-17,21H,3,5,11-12,14-15H2,1-2H3. The molecular formula is C22H28BrN2O. The van der Waals surface area contributed by atoms with Gasteiger partial charge in [0.2, 0.25) is 0 Å². The number of benzene rings is 1. The second-order valence-electron chi connectivity index (χ2n) is 7.54. The fourth-order valence-corrected chi connectivity index (χ4v) is 4.10. The van der Waals surface area contributed by atoms with Crippen molar-refractivity contribution in [2.24, 2.45) is 5.92 Å². The average molecular weight is 416 g/mol. The Kier molecular flexibility index (Phi) is 6.71. The molecule has 0 aliphatic carbocycles. The first-order chi connectivity index (χ1) is 12.6. The Morgan fingerprint density at radius 1 is 1.23 bits per heavy atom. The molecule has 2 aromatic rings. The van der Waals surface area contributed by atoms with Crippen LogP contribution in [0.4, 0.5) is 0 Å². The molecule has 1 aliphatic rings. The zero-order chi connectivity index (χ0) is 18.4. The molecule has 0 bridgehead atoms. The maximum absolute atomic E-state index is 6.29. The van der Waals surface area contributed by atoms with Gasteiger partial charge in [0.25, 0.3) is 0 Å². The van der Waals surface area contributed by atoms with Crippen molar-refractivity contribution in [1.29, 1.82) is 0 Å². The van der Waals surface area contributed by atoms with Crippen LogP contribution in [0.25, 0.3) is 0 Å². The van der Waals surface area contributed by atoms with Gasteiger partial charge in [0.1, 0.15) is 11.9 Å². The number of hydrogen-bond donors (Lipinski definition) is 0. The van der Waals surface area contributed by atoms with E-state index in [1.54, 1.807) is 0 Å². The van der Waals surface area contributed by atoms with Crippen LogP contribution < -0.4 is 10.1 Å². The highest BCUT2D eigenvalue weighted by Crippen LogP contribution is 2.35. The highest BCUT2D eigenvalue weighted by Gasteiger charge is 2.40. The molecule has 139 valence electrons. The van der Waals surface area contributed by atoms with Crippen LogP contribution in [0.3, 0.4) is 0 Å². The molecule has 3 rings (SSSR count). The van der Waals surface area contributed by atoms with Gasteiger partial charge in [-0.3, -0.25) is 4.98 Å². The summed E-state index contributed by atoms with van der Waals surface area (Å²) in [6.45, 7) is 5.50. The minimum atomic E-state index is 0.0283. The summed E-state index contributed by atoms with van der Waals surface area (Å²) in [6.07, 6.45) is 9.38. The van der Waals surface area contributed by atoms with E-state index in [1.165, 1.54) is 5.56 Å². The molecule has 0 spiro atoms. The number of hydrogen-bond acceptors (Lipinski definition) is 2. The average Bonchev–Trinajstić information content (AvgIpc) is 2.65. The molecule has 1 aromatic carbocycles. The minimum absolute atomic E-state index is 0.0283. The van der Waals surface area contributed by atoms with Crippen molar-refractivity contribution in [2.45, 2.75) is 57.6 Å². The van der Waals surface area contributed by atoms with Gasteiger partial charge >= 0.3 is 0 Å². The van der Waals surface area contributed by atoms with Crippen molar-refractivity contribution in [3.63, 3.8) is 0 Å². The number of ether oxygens (including phenoxy) is 1. The molecule has 1 radical (unpaired) electrons. The number of pyridine rings is 1. The van der Waals surface area contributed by atoms with Crippen LogP contribution in [0.2, 0.25) is 0 Å². The second-order valence-corrected chi connectivity index (χ2v) is 8.46. The number of rotatable bonds is 7. The van der Waals surface area contributed by atoms with Crippen molar-refractivity contribution in [3.8, 4) is 5.75 Å². The quantitative estimate of drug-likeness (QED) is 0.605. The van der Waals surface area contributed by atoms with E-state index < -0.39 is 0 Å². The van der Waals surface area contributed by atoms with E-state index in [1.807, 2.05) is 42.7 Å². The van der Waals surface area contributed by atoms with Gasteiger partial charge in [-0.25, -0.2) is 5.32 Å². The van der Waals surface area contributed by atoms with E-state index in [2.05, 4.69) is 40.8 Å². The Morgan fingerprint density at radius 3 is 2.73 bits per heavy atom. The Bertz CT molecular complexity index is 674. The molecule has 26 heavy (non-hydrogen) atoms. The molecule has 2 heterocycles. The van der Waals surface area contributed by atoms with Gasteiger partial charge in [0, 0.05) is 35.4 Å². The lowest BCUT2D eigenvalue weighted by molar-refractivity contribution is 0.0609. The van der Waals surface area contributed by atoms with Gasteiger partial charge in [-0.2, -0.15) is 0 Å². The molecule has 1 aliphatic heterocycles. The van der Waals surface area contributed by atoms with E-state index >= 15 is 0 Å². The van der Waals surface area contributed by atoms with Crippen LogP contribution >= 0.6 is 15.9 Å². The molecule has 1 aromatic heterocycles. The summed E-state index contributed by atoms with van der Waals surface area (Å²) >= 11 is 3.48. The topological polar surface area (TPSA) is 36.2 Å². The fraction of sp³-hybridized carbons (Fsp3) is 0.500. The minimum Gasteiger partial charge on any atom is -0.490 e. The Balaban J connectivity index is 1.60. The number of piperidine rings is 1. The molecule has 0 amide bonds. The summed E-state index contributed by atoms with van der Waals surface area (Å²) in [4.78, 5) is 4.22. The summed E-state index contributed by atoms with van der Waals surface area (Å²) < 4.78 is 7.37. The summed E-state index contributed by atoms with van der Waals surface area (Å²) in [7, 11) is 0. The van der Waals surface area contributed by atoms with Gasteiger partial charge in [-0.1, -0.05) is 35.8 Å². The lowest BCUT2D eigenvalue weighted by Crippen LogP contribution is -2.53. The van der Waals surface area contributed by atoms with Crippen molar-refractivity contribution in [3.05, 3.63) is 58.8 Å². The van der Waals surface area contributed by atoms with Gasteiger partial charge < -0.3 is 4.74 Å². The van der Waals surface area contributed by atoms with Crippen molar-refractivity contribution in [2.75, 3.05) is 6.54 Å². The Labute approximate surface area is 165 Å². The van der Waals surface area contributed by atoms with Crippen LogP contribution in [0.5, 0.6) is 5.75 Å². The van der Waals surface area contributed by atoms with Crippen LogP contribution in [0.1, 0.15) is 45.1 Å². The highest BCUT2D eigenvalue weighted by molar-refractivity contribution is 9.10. The lowest BCUT2D eigenvalue weighted by atomic mass is 9.74. The molecular weight excluding hydrogens is 388 g/mol. The summed E-state index contributed by atoms with van der Waals surface area (Å²) in [5.74, 6) is 1.47. The summed E-state index contributed by atoms with van der Waals surface area (Å²) in [5.41, 5.74) is 1.34. The third kappa shape index (κ3) is 5.08. The lowest BCUT2D eigenvalue weighted by Gasteiger charge is -2.43. The molecule has 3 nitrogen and oxygen atoms in total. The van der Waals surface area contributed by atoms with E-state index in [0.29, 0.717) is 5.92 Å². The molecule has 0 N–H and O–H groups in total. The molecule has 2 atom stereocenters. The third-order valence-corrected chi connectivity index (χ3v) is 5.98. The van der Waals surface area contributed by atoms with E-state index in [9.17, 15) is 0 Å². The van der Waals surface area contributed by atoms with E-state index in [0.717, 1.165) is 48.9 Å². The zero-order valence-corrected chi connectivity index (χ0v) is 17.3. The first-order valence-electron chi connectivity index (χ1n) is 9.57. The molecule has 1 saturated heterocycles. The van der Waals surface area contributed by atoms with Gasteiger partial charge in [-0.15, -0.1) is 0 Å². The van der Waals surface area contributed by atoms with Crippen molar-refractivity contribution >= 4 is 15.9 Å². The maximum atomic E-state index is 6.29. The zero-order valence-electron chi connectivity index (χ0n) is 15.7. The normalized spacial score (nSPS) is 23.2. The van der Waals surface area contributed by atoms with Gasteiger partial charge in [-0.05, 0) is 67.5 Å². The van der Waals surface area contributed by atoms with Crippen LogP contribution in [-0.2, 0) is 6.42 Å². The van der Waals surface area contributed by atoms with Crippen LogP contribution in [0.15, 0.2) is 53.3 Å². The van der Waals surface area contributed by atoms with Crippen LogP contribution in [-0.4, -0.2) is 23.2 Å². The predicted octanol–water partition coefficient (Wildman–Crippen LogP) is 5.41. The van der Waals surface area contributed by atoms with E-state index in [4.69, 9.17) is 10.1 Å². The SMILES string of the molecule is CC(C)C1(CCCc2cccnc2)CC(Oc2ccc(Br)cc2)CC[N]1. The van der Waals surface area contributed by atoms with Crippen molar-refractivity contribution in [1.82, 2.24) is 10.3 Å². The van der Waals surface area contributed by atoms with Gasteiger partial charge in [0.15, 0.2) is 0 Å². The molecule has 0 saturated carbocycles. The first kappa shape index (κ1) is 19.4. The van der Waals surface area contributed by atoms with Crippen molar-refractivity contribution < 1.29 is 4.74 Å². The third-order valence-electron chi connectivity index (χ3n) is 5.45. The molecule has 1 fully saturated rings. The first-order valence-corrected chi connectivity index (χ1v) is 10.4. The summed E-state index contributed by atoms with van der Waals surface area (Å²) in [5, 5.41) is 5.09.